The molecule has 0 amide bonds. The van der Waals surface area contributed by atoms with Crippen LogP contribution in [-0.2, 0) is 14.2 Å². The van der Waals surface area contributed by atoms with Crippen LogP contribution in [0.15, 0.2) is 36.4 Å². The third-order valence-corrected chi connectivity index (χ3v) is 8.23. The molecule has 0 aliphatic carbocycles. The molecule has 0 aliphatic rings. The third kappa shape index (κ3) is 12.4. The lowest BCUT2D eigenvalue weighted by Gasteiger charge is -2.22. The summed E-state index contributed by atoms with van der Waals surface area (Å²) >= 11 is 0. The second-order valence-corrected chi connectivity index (χ2v) is 12.0. The van der Waals surface area contributed by atoms with Crippen molar-refractivity contribution < 1.29 is 42.4 Å². The van der Waals surface area contributed by atoms with E-state index in [1.165, 1.54) is 0 Å². The molecule has 0 N–H and O–H groups in total. The van der Waals surface area contributed by atoms with Crippen LogP contribution in [0.25, 0.3) is 0 Å². The predicted molar refractivity (Wildman–Crippen MR) is 195 cm³/mol. The molecule has 0 radical (unpaired) electrons. The monoisotopic (exact) mass is 680 g/mol. The zero-order valence-electron chi connectivity index (χ0n) is 31.2. The van der Waals surface area contributed by atoms with E-state index in [2.05, 4.69) is 20.8 Å². The largest absolute Gasteiger partial charge is 0.864 e. The van der Waals surface area contributed by atoms with Gasteiger partial charge in [0.05, 0.1) is 19.8 Å². The maximum absolute atomic E-state index is 6.48. The minimum Gasteiger partial charge on any atom is -0.491 e. The van der Waals surface area contributed by atoms with Gasteiger partial charge < -0.3 is 42.4 Å². The highest BCUT2D eigenvalue weighted by Crippen LogP contribution is 2.34. The lowest BCUT2D eigenvalue weighted by molar-refractivity contribution is 0.100. The summed E-state index contributed by atoms with van der Waals surface area (Å²) in [6.45, 7) is 23.5. The van der Waals surface area contributed by atoms with E-state index < -0.39 is 7.32 Å². The first-order valence-corrected chi connectivity index (χ1v) is 17.6. The Kier molecular flexibility index (Phi) is 17.5. The van der Waals surface area contributed by atoms with Gasteiger partial charge in [0.1, 0.15) is 54.3 Å². The van der Waals surface area contributed by atoms with E-state index in [1.54, 1.807) is 0 Å². The van der Waals surface area contributed by atoms with Gasteiger partial charge in [-0.2, -0.15) is 0 Å². The SMILES string of the molecule is CCCOCCOc1ccc(OB(Oc2ccc(OCCOCCC)c(C)c2C)Oc2ccc(OCCOCCC)c(C)c2C)c(C)c1C. The van der Waals surface area contributed by atoms with Crippen LogP contribution >= 0.6 is 0 Å². The maximum atomic E-state index is 6.48. The van der Waals surface area contributed by atoms with Crippen molar-refractivity contribution in [2.75, 3.05) is 59.5 Å². The summed E-state index contributed by atoms with van der Waals surface area (Å²) in [6, 6.07) is 11.4. The fourth-order valence-electron chi connectivity index (χ4n) is 4.92. The van der Waals surface area contributed by atoms with Gasteiger partial charge in [0.15, 0.2) is 0 Å². The molecule has 3 aromatic carbocycles. The molecule has 0 unspecified atom stereocenters. The third-order valence-electron chi connectivity index (χ3n) is 8.23. The van der Waals surface area contributed by atoms with Gasteiger partial charge in [0.2, 0.25) is 0 Å². The molecule has 0 atom stereocenters. The first-order chi connectivity index (χ1) is 23.7. The second-order valence-electron chi connectivity index (χ2n) is 12.0. The van der Waals surface area contributed by atoms with Gasteiger partial charge in [-0.15, -0.1) is 0 Å². The van der Waals surface area contributed by atoms with Crippen molar-refractivity contribution in [3.63, 3.8) is 0 Å². The number of rotatable bonds is 24. The van der Waals surface area contributed by atoms with Crippen molar-refractivity contribution in [2.45, 2.75) is 81.6 Å². The Bertz CT molecular complexity index is 1260. The highest BCUT2D eigenvalue weighted by atomic mass is 16.7. The zero-order chi connectivity index (χ0) is 35.6. The van der Waals surface area contributed by atoms with Crippen molar-refractivity contribution >= 4 is 7.32 Å². The molecule has 0 aromatic heterocycles. The van der Waals surface area contributed by atoms with E-state index in [0.717, 1.165) is 89.7 Å². The standard InChI is InChI=1S/C39H57BO9/c1-10-19-41-22-25-44-34-13-16-37(31(7)28(34)4)47-40(48-38-17-14-35(29(5)32(38)8)45-26-23-42-20-11-2)49-39-18-15-36(30(6)33(39)9)46-27-24-43-21-12-3/h13-18H,10-12,19-27H2,1-9H3. The van der Waals surface area contributed by atoms with E-state index in [9.17, 15) is 0 Å². The van der Waals surface area contributed by atoms with Crippen LogP contribution in [0.5, 0.6) is 34.5 Å². The Morgan fingerprint density at radius 2 is 0.592 bits per heavy atom. The fourth-order valence-corrected chi connectivity index (χ4v) is 4.92. The van der Waals surface area contributed by atoms with Crippen LogP contribution in [0.2, 0.25) is 0 Å². The lowest BCUT2D eigenvalue weighted by atomic mass is 10.0. The normalized spacial score (nSPS) is 11.0. The van der Waals surface area contributed by atoms with Gasteiger partial charge in [-0.1, -0.05) is 20.8 Å². The van der Waals surface area contributed by atoms with Gasteiger partial charge in [-0.05, 0) is 131 Å². The molecule has 0 bridgehead atoms. The molecule has 0 fully saturated rings. The van der Waals surface area contributed by atoms with E-state index >= 15 is 0 Å². The number of hydrogen-bond donors (Lipinski definition) is 0. The molecule has 0 saturated carbocycles. The van der Waals surface area contributed by atoms with Crippen molar-refractivity contribution in [3.8, 4) is 34.5 Å². The second kappa shape index (κ2) is 21.5. The molecular weight excluding hydrogens is 623 g/mol. The molecule has 0 spiro atoms. The summed E-state index contributed by atoms with van der Waals surface area (Å²) in [7, 11) is -1.10. The maximum Gasteiger partial charge on any atom is 0.864 e. The van der Waals surface area contributed by atoms with Crippen LogP contribution < -0.4 is 28.2 Å². The molecule has 0 aliphatic heterocycles. The smallest absolute Gasteiger partial charge is 0.491 e. The summed E-state index contributed by atoms with van der Waals surface area (Å²) in [5.74, 6) is 4.23. The molecule has 9 nitrogen and oxygen atoms in total. The Morgan fingerprint density at radius 1 is 0.347 bits per heavy atom. The topological polar surface area (TPSA) is 83.1 Å². The van der Waals surface area contributed by atoms with E-state index in [4.69, 9.17) is 42.4 Å². The van der Waals surface area contributed by atoms with Crippen molar-refractivity contribution in [1.29, 1.82) is 0 Å². The molecule has 49 heavy (non-hydrogen) atoms. The first kappa shape index (κ1) is 39.8. The van der Waals surface area contributed by atoms with E-state index in [-0.39, 0.29) is 0 Å². The van der Waals surface area contributed by atoms with Crippen LogP contribution in [0.3, 0.4) is 0 Å². The predicted octanol–water partition coefficient (Wildman–Crippen LogP) is 8.48. The van der Waals surface area contributed by atoms with Crippen LogP contribution in [-0.4, -0.2) is 66.8 Å². The molecule has 3 aromatic rings. The Balaban J connectivity index is 1.84. The number of benzene rings is 3. The lowest BCUT2D eigenvalue weighted by Crippen LogP contribution is -2.37. The summed E-state index contributed by atoms with van der Waals surface area (Å²) in [4.78, 5) is 0. The van der Waals surface area contributed by atoms with Crippen LogP contribution in [0.1, 0.15) is 73.4 Å². The highest BCUT2D eigenvalue weighted by molar-refractivity contribution is 6.39. The average Bonchev–Trinajstić information content (AvgIpc) is 3.09. The molecule has 0 saturated heterocycles. The van der Waals surface area contributed by atoms with Gasteiger partial charge in [-0.25, -0.2) is 0 Å². The Labute approximate surface area is 294 Å². The molecular formula is C39H57BO9. The van der Waals surface area contributed by atoms with Gasteiger partial charge in [0, 0.05) is 19.8 Å². The van der Waals surface area contributed by atoms with Crippen molar-refractivity contribution in [3.05, 3.63) is 69.8 Å². The Hall–Kier alpha value is -3.60. The fraction of sp³-hybridized carbons (Fsp3) is 0.538. The van der Waals surface area contributed by atoms with Gasteiger partial charge >= 0.3 is 7.32 Å². The highest BCUT2D eigenvalue weighted by Gasteiger charge is 2.33. The van der Waals surface area contributed by atoms with E-state index in [1.807, 2.05) is 77.9 Å². The Morgan fingerprint density at radius 3 is 0.857 bits per heavy atom. The zero-order valence-corrected chi connectivity index (χ0v) is 31.2. The van der Waals surface area contributed by atoms with E-state index in [0.29, 0.717) is 56.9 Å². The average molecular weight is 681 g/mol. The summed E-state index contributed by atoms with van der Waals surface area (Å²) in [5, 5.41) is 0. The molecule has 0 heterocycles. The van der Waals surface area contributed by atoms with Crippen molar-refractivity contribution in [2.24, 2.45) is 0 Å². The molecule has 3 rings (SSSR count). The van der Waals surface area contributed by atoms with Gasteiger partial charge in [-0.3, -0.25) is 0 Å². The summed E-state index contributed by atoms with van der Waals surface area (Å²) in [6.07, 6.45) is 2.94. The summed E-state index contributed by atoms with van der Waals surface area (Å²) < 4.78 is 54.2. The first-order valence-electron chi connectivity index (χ1n) is 17.6. The molecule has 270 valence electrons. The minimum absolute atomic E-state index is 0.476. The summed E-state index contributed by atoms with van der Waals surface area (Å²) in [5.41, 5.74) is 5.69. The number of hydrogen-bond acceptors (Lipinski definition) is 9. The quantitative estimate of drug-likeness (QED) is 0.0684. The van der Waals surface area contributed by atoms with Crippen LogP contribution in [0.4, 0.5) is 0 Å². The van der Waals surface area contributed by atoms with Gasteiger partial charge in [0.25, 0.3) is 0 Å². The minimum atomic E-state index is -1.10. The van der Waals surface area contributed by atoms with Crippen molar-refractivity contribution in [1.82, 2.24) is 0 Å². The number of ether oxygens (including phenoxy) is 6. The molecule has 10 heteroatoms. The van der Waals surface area contributed by atoms with Crippen LogP contribution in [0, 0.1) is 41.5 Å².